The number of hydrogen-bond donors (Lipinski definition) is 0. The fraction of sp³-hybridized carbons (Fsp3) is 0.333. The maximum atomic E-state index is 12.8. The van der Waals surface area contributed by atoms with Gasteiger partial charge in [-0.3, -0.25) is 4.79 Å². The number of piperazine rings is 1. The van der Waals surface area contributed by atoms with Gasteiger partial charge < -0.3 is 9.80 Å². The molecule has 0 bridgehead atoms. The Kier molecular flexibility index (Phi) is 5.09. The highest BCUT2D eigenvalue weighted by Crippen LogP contribution is 2.22. The molecule has 0 atom stereocenters. The first kappa shape index (κ1) is 18.6. The molecule has 1 aromatic carbocycles. The second kappa shape index (κ2) is 7.67. The van der Waals surface area contributed by atoms with E-state index in [1.54, 1.807) is 0 Å². The average molecular weight is 394 g/mol. The third kappa shape index (κ3) is 3.75. The number of amides is 1. The van der Waals surface area contributed by atoms with Gasteiger partial charge in [0.15, 0.2) is 5.82 Å². The van der Waals surface area contributed by atoms with Gasteiger partial charge in [-0.2, -0.15) is 0 Å². The number of nitrogens with zero attached hydrogens (tertiary/aromatic N) is 5. The summed E-state index contributed by atoms with van der Waals surface area (Å²) in [5.41, 5.74) is 3.99. The van der Waals surface area contributed by atoms with Crippen molar-refractivity contribution >= 4 is 23.1 Å². The summed E-state index contributed by atoms with van der Waals surface area (Å²) in [4.78, 5) is 22.0. The van der Waals surface area contributed by atoms with Gasteiger partial charge in [0, 0.05) is 31.7 Å². The lowest BCUT2D eigenvalue weighted by atomic mass is 10.1. The second-order valence-electron chi connectivity index (χ2n) is 7.07. The van der Waals surface area contributed by atoms with Crippen LogP contribution >= 0.6 is 11.3 Å². The molecule has 0 radical (unpaired) electrons. The third-order valence-electron chi connectivity index (χ3n) is 4.99. The standard InChI is InChI=1S/C21H23N5OS/c1-14-4-6-17(7-5-14)18-8-9-19(24-23-18)25-10-12-26(13-11-25)21(27)20-15(2)22-16(3)28-20/h4-9H,10-13H2,1-3H3. The smallest absolute Gasteiger partial charge is 0.265 e. The van der Waals surface area contributed by atoms with Gasteiger partial charge in [-0.25, -0.2) is 4.98 Å². The molecule has 3 aromatic rings. The van der Waals surface area contributed by atoms with Crippen molar-refractivity contribution in [1.82, 2.24) is 20.1 Å². The number of hydrogen-bond acceptors (Lipinski definition) is 6. The Bertz CT molecular complexity index is 973. The predicted octanol–water partition coefficient (Wildman–Crippen LogP) is 3.49. The number of aryl methyl sites for hydroxylation is 3. The first-order valence-electron chi connectivity index (χ1n) is 9.40. The Morgan fingerprint density at radius 2 is 1.64 bits per heavy atom. The quantitative estimate of drug-likeness (QED) is 0.682. The first-order chi connectivity index (χ1) is 13.5. The van der Waals surface area contributed by atoms with Crippen LogP contribution in [-0.4, -0.2) is 52.2 Å². The van der Waals surface area contributed by atoms with Crippen LogP contribution in [0, 0.1) is 20.8 Å². The number of carbonyl (C=O) groups is 1. The molecule has 1 amide bonds. The van der Waals surface area contributed by atoms with Crippen LogP contribution in [0.2, 0.25) is 0 Å². The lowest BCUT2D eigenvalue weighted by Crippen LogP contribution is -2.49. The van der Waals surface area contributed by atoms with Crippen molar-refractivity contribution in [2.75, 3.05) is 31.1 Å². The van der Waals surface area contributed by atoms with E-state index in [0.717, 1.165) is 45.7 Å². The monoisotopic (exact) mass is 393 g/mol. The molecule has 144 valence electrons. The summed E-state index contributed by atoms with van der Waals surface area (Å²) in [6.07, 6.45) is 0. The van der Waals surface area contributed by atoms with E-state index in [1.807, 2.05) is 30.9 Å². The highest BCUT2D eigenvalue weighted by atomic mass is 32.1. The van der Waals surface area contributed by atoms with Gasteiger partial charge in [-0.05, 0) is 32.9 Å². The van der Waals surface area contributed by atoms with Crippen molar-refractivity contribution in [2.24, 2.45) is 0 Å². The maximum absolute atomic E-state index is 12.8. The van der Waals surface area contributed by atoms with Crippen molar-refractivity contribution in [3.8, 4) is 11.3 Å². The largest absolute Gasteiger partial charge is 0.352 e. The Morgan fingerprint density at radius 3 is 2.21 bits per heavy atom. The van der Waals surface area contributed by atoms with Crippen LogP contribution in [-0.2, 0) is 0 Å². The van der Waals surface area contributed by atoms with Crippen molar-refractivity contribution in [3.63, 3.8) is 0 Å². The van der Waals surface area contributed by atoms with Crippen molar-refractivity contribution < 1.29 is 4.79 Å². The Labute approximate surface area is 168 Å². The van der Waals surface area contributed by atoms with Crippen LogP contribution in [0.15, 0.2) is 36.4 Å². The molecule has 1 saturated heterocycles. The molecule has 3 heterocycles. The number of benzene rings is 1. The predicted molar refractivity (Wildman–Crippen MR) is 112 cm³/mol. The van der Waals surface area contributed by atoms with Gasteiger partial charge in [0.25, 0.3) is 5.91 Å². The fourth-order valence-corrected chi connectivity index (χ4v) is 4.27. The number of thiazole rings is 1. The molecule has 0 unspecified atom stereocenters. The third-order valence-corrected chi connectivity index (χ3v) is 6.05. The molecular formula is C21H23N5OS. The minimum atomic E-state index is 0.0866. The van der Waals surface area contributed by atoms with E-state index in [4.69, 9.17) is 0 Å². The number of aromatic nitrogens is 3. The van der Waals surface area contributed by atoms with Gasteiger partial charge in [0.2, 0.25) is 0 Å². The highest BCUT2D eigenvalue weighted by Gasteiger charge is 2.25. The molecule has 2 aromatic heterocycles. The molecule has 0 aliphatic carbocycles. The van der Waals surface area contributed by atoms with Crippen molar-refractivity contribution in [1.29, 1.82) is 0 Å². The molecule has 4 rings (SSSR count). The van der Waals surface area contributed by atoms with E-state index >= 15 is 0 Å². The molecule has 1 aliphatic heterocycles. The van der Waals surface area contributed by atoms with E-state index in [9.17, 15) is 4.79 Å². The van der Waals surface area contributed by atoms with Crippen LogP contribution in [0.25, 0.3) is 11.3 Å². The van der Waals surface area contributed by atoms with E-state index in [2.05, 4.69) is 51.3 Å². The van der Waals surface area contributed by atoms with E-state index < -0.39 is 0 Å². The molecule has 6 nitrogen and oxygen atoms in total. The van der Waals surface area contributed by atoms with Gasteiger partial charge >= 0.3 is 0 Å². The zero-order valence-electron chi connectivity index (χ0n) is 16.3. The Morgan fingerprint density at radius 1 is 0.929 bits per heavy atom. The summed E-state index contributed by atoms with van der Waals surface area (Å²) in [6, 6.07) is 12.3. The zero-order chi connectivity index (χ0) is 19.7. The summed E-state index contributed by atoms with van der Waals surface area (Å²) in [5.74, 6) is 0.941. The fourth-order valence-electron chi connectivity index (χ4n) is 3.38. The maximum Gasteiger partial charge on any atom is 0.265 e. The minimum Gasteiger partial charge on any atom is -0.352 e. The average Bonchev–Trinajstić information content (AvgIpc) is 3.06. The highest BCUT2D eigenvalue weighted by molar-refractivity contribution is 7.13. The van der Waals surface area contributed by atoms with Crippen molar-refractivity contribution in [3.05, 3.63) is 57.5 Å². The summed E-state index contributed by atoms with van der Waals surface area (Å²) in [6.45, 7) is 8.76. The molecule has 28 heavy (non-hydrogen) atoms. The lowest BCUT2D eigenvalue weighted by Gasteiger charge is -2.35. The summed E-state index contributed by atoms with van der Waals surface area (Å²) >= 11 is 1.48. The Hall–Kier alpha value is -2.80. The van der Waals surface area contributed by atoms with Crippen LogP contribution in [0.1, 0.15) is 25.9 Å². The summed E-state index contributed by atoms with van der Waals surface area (Å²) in [7, 11) is 0. The van der Waals surface area contributed by atoms with Crippen LogP contribution < -0.4 is 4.90 Å². The molecule has 0 N–H and O–H groups in total. The SMILES string of the molecule is Cc1ccc(-c2ccc(N3CCN(C(=O)c4sc(C)nc4C)CC3)nn2)cc1. The molecule has 7 heteroatoms. The first-order valence-corrected chi connectivity index (χ1v) is 10.2. The summed E-state index contributed by atoms with van der Waals surface area (Å²) in [5, 5.41) is 9.74. The van der Waals surface area contributed by atoms with Crippen LogP contribution in [0.3, 0.4) is 0 Å². The minimum absolute atomic E-state index is 0.0866. The molecular weight excluding hydrogens is 370 g/mol. The molecule has 0 spiro atoms. The zero-order valence-corrected chi connectivity index (χ0v) is 17.2. The van der Waals surface area contributed by atoms with Gasteiger partial charge in [0.05, 0.1) is 16.4 Å². The summed E-state index contributed by atoms with van der Waals surface area (Å²) < 4.78 is 0. The van der Waals surface area contributed by atoms with Crippen molar-refractivity contribution in [2.45, 2.75) is 20.8 Å². The topological polar surface area (TPSA) is 62.2 Å². The van der Waals surface area contributed by atoms with Gasteiger partial charge in [-0.15, -0.1) is 21.5 Å². The van der Waals surface area contributed by atoms with E-state index in [1.165, 1.54) is 16.9 Å². The number of anilines is 1. The van der Waals surface area contributed by atoms with E-state index in [-0.39, 0.29) is 5.91 Å². The number of carbonyl (C=O) groups excluding carboxylic acids is 1. The lowest BCUT2D eigenvalue weighted by molar-refractivity contribution is 0.0750. The molecule has 1 fully saturated rings. The van der Waals surface area contributed by atoms with Gasteiger partial charge in [-0.1, -0.05) is 29.8 Å². The second-order valence-corrected chi connectivity index (χ2v) is 8.27. The number of rotatable bonds is 3. The Balaban J connectivity index is 1.40. The molecule has 1 aliphatic rings. The van der Waals surface area contributed by atoms with Gasteiger partial charge in [0.1, 0.15) is 4.88 Å². The van der Waals surface area contributed by atoms with Crippen LogP contribution in [0.5, 0.6) is 0 Å². The van der Waals surface area contributed by atoms with Crippen LogP contribution in [0.4, 0.5) is 5.82 Å². The molecule has 0 saturated carbocycles. The normalized spacial score (nSPS) is 14.4. The van der Waals surface area contributed by atoms with E-state index in [0.29, 0.717) is 13.1 Å².